The Labute approximate surface area is 109 Å². The van der Waals surface area contributed by atoms with Crippen LogP contribution >= 0.6 is 0 Å². The topological polar surface area (TPSA) is 52.6 Å². The van der Waals surface area contributed by atoms with Gasteiger partial charge in [-0.05, 0) is 44.5 Å². The van der Waals surface area contributed by atoms with E-state index in [0.29, 0.717) is 5.56 Å². The molecule has 0 aromatic heterocycles. The number of carbonyl (C=O) groups is 1. The highest BCUT2D eigenvalue weighted by Gasteiger charge is 2.28. The number of carbonyl (C=O) groups excluding carboxylic acids is 1. The van der Waals surface area contributed by atoms with Crippen LogP contribution in [0.5, 0.6) is 0 Å². The van der Waals surface area contributed by atoms with Gasteiger partial charge in [0, 0.05) is 25.3 Å². The van der Waals surface area contributed by atoms with Crippen LogP contribution in [0.2, 0.25) is 0 Å². The minimum atomic E-state index is -0.564. The third-order valence-electron chi connectivity index (χ3n) is 3.35. The Bertz CT molecular complexity index is 441. The van der Waals surface area contributed by atoms with E-state index in [1.54, 1.807) is 11.9 Å². The smallest absolute Gasteiger partial charge is 0.254 e. The van der Waals surface area contributed by atoms with Gasteiger partial charge in [0.15, 0.2) is 0 Å². The molecule has 4 nitrogen and oxygen atoms in total. The second kappa shape index (κ2) is 5.40. The van der Waals surface area contributed by atoms with Crippen LogP contribution in [-0.2, 0) is 0 Å². The maximum Gasteiger partial charge on any atom is 0.254 e. The van der Waals surface area contributed by atoms with E-state index in [2.05, 4.69) is 5.32 Å². The van der Waals surface area contributed by atoms with Crippen molar-refractivity contribution in [3.63, 3.8) is 0 Å². The fraction of sp³-hybridized carbons (Fsp3) is 0.500. The molecule has 0 aliphatic heterocycles. The molecule has 1 aromatic carbocycles. The van der Waals surface area contributed by atoms with Crippen LogP contribution in [0.25, 0.3) is 0 Å². The summed E-state index contributed by atoms with van der Waals surface area (Å²) in [5.74, 6) is -0.0748. The number of likely N-dealkylation sites (N-methyl/N-ethyl adjacent to an activating group) is 1. The monoisotopic (exact) mass is 250 g/mol. The summed E-state index contributed by atoms with van der Waals surface area (Å²) in [6.07, 6.45) is 0. The van der Waals surface area contributed by atoms with Crippen molar-refractivity contribution in [2.75, 3.05) is 26.0 Å². The number of nitrogens with zero attached hydrogens (tertiary/aromatic N) is 1. The molecule has 0 spiro atoms. The first-order valence-electron chi connectivity index (χ1n) is 6.01. The highest BCUT2D eigenvalue weighted by Crippen LogP contribution is 2.20. The van der Waals surface area contributed by atoms with Gasteiger partial charge in [-0.2, -0.15) is 0 Å². The van der Waals surface area contributed by atoms with E-state index in [0.717, 1.165) is 11.3 Å². The van der Waals surface area contributed by atoms with Gasteiger partial charge in [0.25, 0.3) is 5.91 Å². The number of nitrogens with one attached hydrogen (secondary N) is 1. The molecule has 100 valence electrons. The Morgan fingerprint density at radius 3 is 2.50 bits per heavy atom. The number of anilines is 1. The summed E-state index contributed by atoms with van der Waals surface area (Å²) >= 11 is 0. The molecule has 0 fully saturated rings. The highest BCUT2D eigenvalue weighted by molar-refractivity contribution is 5.96. The lowest BCUT2D eigenvalue weighted by Gasteiger charge is -2.34. The first kappa shape index (κ1) is 14.5. The van der Waals surface area contributed by atoms with E-state index < -0.39 is 5.54 Å². The molecular formula is C14H22N2O2. The standard InChI is InChI=1S/C14H22N2O2/c1-10-8-11(15-4)6-7-12(10)13(18)16(5)14(2,3)9-17/h6-8,15,17H,9H2,1-5H3. The summed E-state index contributed by atoms with van der Waals surface area (Å²) in [5.41, 5.74) is 2.00. The maximum atomic E-state index is 12.4. The van der Waals surface area contributed by atoms with E-state index in [1.807, 2.05) is 46.0 Å². The minimum Gasteiger partial charge on any atom is -0.394 e. The largest absolute Gasteiger partial charge is 0.394 e. The number of rotatable bonds is 4. The summed E-state index contributed by atoms with van der Waals surface area (Å²) in [7, 11) is 3.56. The van der Waals surface area contributed by atoms with Crippen molar-refractivity contribution in [3.05, 3.63) is 29.3 Å². The number of aliphatic hydroxyl groups is 1. The van der Waals surface area contributed by atoms with Gasteiger partial charge in [-0.1, -0.05) is 0 Å². The van der Waals surface area contributed by atoms with Gasteiger partial charge in [-0.3, -0.25) is 4.79 Å². The number of hydrogen-bond acceptors (Lipinski definition) is 3. The zero-order valence-electron chi connectivity index (χ0n) is 11.7. The fourth-order valence-electron chi connectivity index (χ4n) is 1.62. The Morgan fingerprint density at radius 1 is 1.44 bits per heavy atom. The summed E-state index contributed by atoms with van der Waals surface area (Å²) < 4.78 is 0. The first-order valence-corrected chi connectivity index (χ1v) is 6.01. The Balaban J connectivity index is 3.04. The normalized spacial score (nSPS) is 11.2. The van der Waals surface area contributed by atoms with Crippen LogP contribution < -0.4 is 5.32 Å². The summed E-state index contributed by atoms with van der Waals surface area (Å²) in [6.45, 7) is 5.52. The van der Waals surface area contributed by atoms with Gasteiger partial charge in [0.1, 0.15) is 0 Å². The van der Waals surface area contributed by atoms with Gasteiger partial charge in [0.2, 0.25) is 0 Å². The number of aryl methyl sites for hydroxylation is 1. The lowest BCUT2D eigenvalue weighted by atomic mass is 10.0. The molecule has 0 atom stereocenters. The third kappa shape index (κ3) is 2.82. The number of amides is 1. The Kier molecular flexibility index (Phi) is 4.35. The molecule has 1 rings (SSSR count). The van der Waals surface area contributed by atoms with Crippen LogP contribution in [0.15, 0.2) is 18.2 Å². The zero-order valence-corrected chi connectivity index (χ0v) is 11.7. The zero-order chi connectivity index (χ0) is 13.9. The predicted octanol–water partition coefficient (Wildman–Crippen LogP) is 1.88. The molecular weight excluding hydrogens is 228 g/mol. The highest BCUT2D eigenvalue weighted by atomic mass is 16.3. The van der Waals surface area contributed by atoms with Crippen molar-refractivity contribution in [2.24, 2.45) is 0 Å². The van der Waals surface area contributed by atoms with Crippen molar-refractivity contribution >= 4 is 11.6 Å². The van der Waals surface area contributed by atoms with Crippen molar-refractivity contribution in [1.29, 1.82) is 0 Å². The van der Waals surface area contributed by atoms with Crippen molar-refractivity contribution in [2.45, 2.75) is 26.3 Å². The maximum absolute atomic E-state index is 12.4. The third-order valence-corrected chi connectivity index (χ3v) is 3.35. The summed E-state index contributed by atoms with van der Waals surface area (Å²) in [4.78, 5) is 13.9. The number of benzene rings is 1. The van der Waals surface area contributed by atoms with E-state index in [-0.39, 0.29) is 12.5 Å². The molecule has 1 amide bonds. The Morgan fingerprint density at radius 2 is 2.06 bits per heavy atom. The molecule has 0 unspecified atom stereocenters. The van der Waals surface area contributed by atoms with Gasteiger partial charge < -0.3 is 15.3 Å². The molecule has 1 aromatic rings. The summed E-state index contributed by atoms with van der Waals surface area (Å²) in [5, 5.41) is 12.3. The lowest BCUT2D eigenvalue weighted by Crippen LogP contribution is -2.47. The number of aliphatic hydroxyl groups excluding tert-OH is 1. The van der Waals surface area contributed by atoms with E-state index in [4.69, 9.17) is 0 Å². The van der Waals surface area contributed by atoms with Gasteiger partial charge >= 0.3 is 0 Å². The molecule has 2 N–H and O–H groups in total. The molecule has 4 heteroatoms. The lowest BCUT2D eigenvalue weighted by molar-refractivity contribution is 0.0472. The van der Waals surface area contributed by atoms with Crippen LogP contribution in [0.4, 0.5) is 5.69 Å². The van der Waals surface area contributed by atoms with Gasteiger partial charge in [-0.25, -0.2) is 0 Å². The second-order valence-electron chi connectivity index (χ2n) is 5.11. The quantitative estimate of drug-likeness (QED) is 0.858. The average Bonchev–Trinajstić information content (AvgIpc) is 2.36. The second-order valence-corrected chi connectivity index (χ2v) is 5.11. The minimum absolute atomic E-state index is 0.0666. The van der Waals surface area contributed by atoms with Crippen LogP contribution in [0.1, 0.15) is 29.8 Å². The molecule has 0 heterocycles. The first-order chi connectivity index (χ1) is 8.33. The van der Waals surface area contributed by atoms with Crippen molar-refractivity contribution < 1.29 is 9.90 Å². The van der Waals surface area contributed by atoms with Crippen LogP contribution in [0.3, 0.4) is 0 Å². The molecule has 0 saturated heterocycles. The van der Waals surface area contributed by atoms with Crippen molar-refractivity contribution in [3.8, 4) is 0 Å². The molecule has 0 saturated carbocycles. The predicted molar refractivity (Wildman–Crippen MR) is 74.0 cm³/mol. The average molecular weight is 250 g/mol. The SMILES string of the molecule is CNc1ccc(C(=O)N(C)C(C)(C)CO)c(C)c1. The van der Waals surface area contributed by atoms with E-state index in [9.17, 15) is 9.90 Å². The van der Waals surface area contributed by atoms with Gasteiger partial charge in [-0.15, -0.1) is 0 Å². The molecule has 0 aliphatic rings. The molecule has 18 heavy (non-hydrogen) atoms. The molecule has 0 aliphatic carbocycles. The Hall–Kier alpha value is -1.55. The van der Waals surface area contributed by atoms with Crippen molar-refractivity contribution in [1.82, 2.24) is 4.90 Å². The van der Waals surface area contributed by atoms with E-state index in [1.165, 1.54) is 0 Å². The van der Waals surface area contributed by atoms with Crippen LogP contribution in [0, 0.1) is 6.92 Å². The number of hydrogen-bond donors (Lipinski definition) is 2. The summed E-state index contributed by atoms with van der Waals surface area (Å²) in [6, 6.07) is 5.63. The van der Waals surface area contributed by atoms with E-state index >= 15 is 0 Å². The van der Waals surface area contributed by atoms with Gasteiger partial charge in [0.05, 0.1) is 12.1 Å². The fourth-order valence-corrected chi connectivity index (χ4v) is 1.62. The molecule has 0 bridgehead atoms. The molecule has 0 radical (unpaired) electrons. The van der Waals surface area contributed by atoms with Crippen LogP contribution in [-0.4, -0.2) is 42.2 Å².